The lowest BCUT2D eigenvalue weighted by atomic mass is 9.53. The van der Waals surface area contributed by atoms with Crippen molar-refractivity contribution in [3.8, 4) is 5.88 Å². The quantitative estimate of drug-likeness (QED) is 0.577. The molecular weight excluding hydrogens is 426 g/mol. The molecular formula is C27H31N5O2. The number of benzene rings is 1. The maximum absolute atomic E-state index is 12.8. The lowest BCUT2D eigenvalue weighted by molar-refractivity contribution is -0.116. The molecule has 7 nitrogen and oxygen atoms in total. The Kier molecular flexibility index (Phi) is 5.15. The van der Waals surface area contributed by atoms with E-state index in [1.54, 1.807) is 24.8 Å². The zero-order valence-corrected chi connectivity index (χ0v) is 19.8. The van der Waals surface area contributed by atoms with Crippen LogP contribution in [0.25, 0.3) is 0 Å². The number of aromatic nitrogens is 4. The van der Waals surface area contributed by atoms with E-state index in [9.17, 15) is 4.79 Å². The summed E-state index contributed by atoms with van der Waals surface area (Å²) in [5.74, 6) is 2.94. The Bertz CT molecular complexity index is 1210. The summed E-state index contributed by atoms with van der Waals surface area (Å²) in [7, 11) is 1.54. The first-order valence-electron chi connectivity index (χ1n) is 12.4. The highest BCUT2D eigenvalue weighted by molar-refractivity contribution is 5.89. The number of nitrogens with zero attached hydrogens (tertiary/aromatic N) is 3. The number of nitrogens with one attached hydrogen (secondary N) is 2. The fourth-order valence-electron chi connectivity index (χ4n) is 7.35. The Morgan fingerprint density at radius 1 is 1.18 bits per heavy atom. The summed E-state index contributed by atoms with van der Waals surface area (Å²) in [4.78, 5) is 12.8. The van der Waals surface area contributed by atoms with Gasteiger partial charge >= 0.3 is 0 Å². The van der Waals surface area contributed by atoms with Crippen molar-refractivity contribution >= 4 is 11.7 Å². The first-order chi connectivity index (χ1) is 16.6. The molecule has 1 fully saturated rings. The second-order valence-corrected chi connectivity index (χ2v) is 10.3. The molecule has 1 saturated carbocycles. The molecule has 3 unspecified atom stereocenters. The molecule has 2 heterocycles. The van der Waals surface area contributed by atoms with Crippen LogP contribution < -0.4 is 10.1 Å². The van der Waals surface area contributed by atoms with Gasteiger partial charge in [-0.25, -0.2) is 0 Å². The van der Waals surface area contributed by atoms with Gasteiger partial charge in [0.2, 0.25) is 11.8 Å². The molecule has 0 aliphatic heterocycles. The highest BCUT2D eigenvalue weighted by Gasteiger charge is 2.58. The number of aromatic amines is 1. The minimum absolute atomic E-state index is 0.0283. The summed E-state index contributed by atoms with van der Waals surface area (Å²) in [5.41, 5.74) is 5.72. The van der Waals surface area contributed by atoms with Crippen molar-refractivity contribution in [2.24, 2.45) is 11.8 Å². The van der Waals surface area contributed by atoms with Crippen LogP contribution in [-0.2, 0) is 16.6 Å². The lowest BCUT2D eigenvalue weighted by Gasteiger charge is -2.50. The zero-order valence-electron chi connectivity index (χ0n) is 19.8. The van der Waals surface area contributed by atoms with Crippen LogP contribution in [0.15, 0.2) is 42.6 Å². The standard InChI is InChI=1S/C27H31N5O2/c1-27-14-13-18-17-6-4-3-5-16(17)7-8-19(18)25(27)20(21-15-28-32-26(21)27)9-11-23(33)29-22-10-12-24(34-2)31-30-22/h3-6,10,12,15,18-20,25H,7-9,11,13-14H2,1-2H3,(H,28,32)(H,29,30,33)/t18?,19?,20-,25?,27+/m1/s1. The van der Waals surface area contributed by atoms with Gasteiger partial charge in [0.1, 0.15) is 0 Å². The second kappa shape index (κ2) is 8.22. The van der Waals surface area contributed by atoms with Crippen LogP contribution >= 0.6 is 0 Å². The van der Waals surface area contributed by atoms with Crippen molar-refractivity contribution in [1.82, 2.24) is 20.4 Å². The topological polar surface area (TPSA) is 92.8 Å². The Morgan fingerprint density at radius 3 is 2.88 bits per heavy atom. The monoisotopic (exact) mass is 457 g/mol. The van der Waals surface area contributed by atoms with Gasteiger partial charge in [0.15, 0.2) is 5.82 Å². The average molecular weight is 458 g/mol. The summed E-state index contributed by atoms with van der Waals surface area (Å²) in [6.45, 7) is 2.42. The highest BCUT2D eigenvalue weighted by atomic mass is 16.5. The van der Waals surface area contributed by atoms with Gasteiger partial charge in [-0.1, -0.05) is 31.2 Å². The summed E-state index contributed by atoms with van der Waals surface area (Å²) in [5, 5.41) is 18.7. The van der Waals surface area contributed by atoms with E-state index in [2.05, 4.69) is 58.0 Å². The molecule has 34 heavy (non-hydrogen) atoms. The molecule has 7 heteroatoms. The summed E-state index contributed by atoms with van der Waals surface area (Å²) < 4.78 is 5.04. The number of fused-ring (bicyclic) bond motifs is 7. The first-order valence-corrected chi connectivity index (χ1v) is 12.4. The third kappa shape index (κ3) is 3.32. The molecule has 0 bridgehead atoms. The summed E-state index contributed by atoms with van der Waals surface area (Å²) in [6, 6.07) is 12.4. The molecule has 3 aliphatic carbocycles. The van der Waals surface area contributed by atoms with Crippen molar-refractivity contribution in [1.29, 1.82) is 0 Å². The molecule has 2 aromatic heterocycles. The third-order valence-corrected chi connectivity index (χ3v) is 8.73. The normalized spacial score (nSPS) is 28.9. The van der Waals surface area contributed by atoms with Gasteiger partial charge in [0, 0.05) is 24.1 Å². The van der Waals surface area contributed by atoms with Crippen LogP contribution in [0, 0.1) is 11.8 Å². The van der Waals surface area contributed by atoms with Crippen molar-refractivity contribution in [3.05, 3.63) is 65.0 Å². The molecule has 0 spiro atoms. The van der Waals surface area contributed by atoms with Gasteiger partial charge in [-0.3, -0.25) is 9.89 Å². The summed E-state index contributed by atoms with van der Waals surface area (Å²) in [6.07, 6.45) is 8.08. The van der Waals surface area contributed by atoms with Gasteiger partial charge in [-0.15, -0.1) is 10.2 Å². The smallest absolute Gasteiger partial charge is 0.233 e. The third-order valence-electron chi connectivity index (χ3n) is 8.73. The molecule has 0 radical (unpaired) electrons. The predicted molar refractivity (Wildman–Crippen MR) is 129 cm³/mol. The largest absolute Gasteiger partial charge is 0.480 e. The van der Waals surface area contributed by atoms with E-state index < -0.39 is 0 Å². The van der Waals surface area contributed by atoms with E-state index in [1.807, 2.05) is 0 Å². The van der Waals surface area contributed by atoms with Crippen LogP contribution in [0.5, 0.6) is 5.88 Å². The molecule has 176 valence electrons. The van der Waals surface area contributed by atoms with Gasteiger partial charge in [-0.2, -0.15) is 5.10 Å². The van der Waals surface area contributed by atoms with E-state index in [4.69, 9.17) is 9.84 Å². The molecule has 0 saturated heterocycles. The van der Waals surface area contributed by atoms with Crippen molar-refractivity contribution in [3.63, 3.8) is 0 Å². The van der Waals surface area contributed by atoms with Crippen LogP contribution in [0.3, 0.4) is 0 Å². The van der Waals surface area contributed by atoms with E-state index >= 15 is 0 Å². The minimum Gasteiger partial charge on any atom is -0.480 e. The number of carbonyl (C=O) groups is 1. The molecule has 1 aromatic carbocycles. The number of hydrogen-bond donors (Lipinski definition) is 2. The van der Waals surface area contributed by atoms with E-state index in [0.717, 1.165) is 19.3 Å². The second-order valence-electron chi connectivity index (χ2n) is 10.3. The van der Waals surface area contributed by atoms with Gasteiger partial charge in [-0.05, 0) is 78.5 Å². The Balaban J connectivity index is 1.23. The first kappa shape index (κ1) is 21.3. The van der Waals surface area contributed by atoms with Gasteiger partial charge in [0.05, 0.1) is 12.8 Å². The summed E-state index contributed by atoms with van der Waals surface area (Å²) >= 11 is 0. The van der Waals surface area contributed by atoms with E-state index in [1.165, 1.54) is 29.7 Å². The number of carbonyl (C=O) groups excluding carboxylic acids is 1. The van der Waals surface area contributed by atoms with E-state index in [-0.39, 0.29) is 11.3 Å². The Hall–Kier alpha value is -3.22. The van der Waals surface area contributed by atoms with Crippen LogP contribution in [0.4, 0.5) is 5.82 Å². The zero-order chi connectivity index (χ0) is 23.3. The fourth-order valence-corrected chi connectivity index (χ4v) is 7.35. The SMILES string of the molecule is COc1ccc(NC(=O)CC[C@@H]2c3c[nH]nc3[C@@]3(C)CCC4c5ccccc5CCC4C23)nn1. The van der Waals surface area contributed by atoms with E-state index in [0.29, 0.717) is 41.8 Å². The van der Waals surface area contributed by atoms with Gasteiger partial charge in [0.25, 0.3) is 0 Å². The molecule has 5 atom stereocenters. The molecule has 6 rings (SSSR count). The van der Waals surface area contributed by atoms with Crippen molar-refractivity contribution in [2.45, 2.75) is 62.7 Å². The maximum Gasteiger partial charge on any atom is 0.233 e. The number of ether oxygens (including phenoxy) is 1. The number of amides is 1. The molecule has 3 aromatic rings. The number of H-pyrrole nitrogens is 1. The predicted octanol–water partition coefficient (Wildman–Crippen LogP) is 4.74. The maximum atomic E-state index is 12.8. The van der Waals surface area contributed by atoms with Crippen molar-refractivity contribution < 1.29 is 9.53 Å². The minimum atomic E-state index is -0.0283. The molecule has 3 aliphatic rings. The fraction of sp³-hybridized carbons (Fsp3) is 0.481. The number of hydrogen-bond acceptors (Lipinski definition) is 5. The van der Waals surface area contributed by atoms with Crippen LogP contribution in [-0.4, -0.2) is 33.4 Å². The average Bonchev–Trinajstić information content (AvgIpc) is 3.44. The number of rotatable bonds is 5. The van der Waals surface area contributed by atoms with Crippen LogP contribution in [0.1, 0.15) is 73.2 Å². The lowest BCUT2D eigenvalue weighted by Crippen LogP contribution is -2.44. The number of anilines is 1. The number of aryl methyl sites for hydroxylation is 1. The Labute approximate surface area is 199 Å². The van der Waals surface area contributed by atoms with Gasteiger partial charge < -0.3 is 10.1 Å². The van der Waals surface area contributed by atoms with Crippen molar-refractivity contribution in [2.75, 3.05) is 12.4 Å². The molecule has 2 N–H and O–H groups in total. The number of methoxy groups -OCH3 is 1. The highest BCUT2D eigenvalue weighted by Crippen LogP contribution is 2.64. The van der Waals surface area contributed by atoms with Crippen LogP contribution in [0.2, 0.25) is 0 Å². The molecule has 1 amide bonds. The Morgan fingerprint density at radius 2 is 2.06 bits per heavy atom.